The standard InChI is InChI=1S/C15H22N2S/c1-3-12-4-6-13(7-5-12)17(2)11-15(8-9-15)10-14(16)18/h4-7H,3,8-11H2,1-2H3,(H2,16,18). The molecule has 1 fully saturated rings. The van der Waals surface area contributed by atoms with E-state index in [1.165, 1.54) is 24.1 Å². The van der Waals surface area contributed by atoms with Crippen LogP contribution >= 0.6 is 12.2 Å². The molecule has 0 unspecified atom stereocenters. The van der Waals surface area contributed by atoms with Gasteiger partial charge in [-0.1, -0.05) is 31.3 Å². The van der Waals surface area contributed by atoms with Crippen LogP contribution in [0, 0.1) is 5.41 Å². The van der Waals surface area contributed by atoms with Crippen LogP contribution in [0.25, 0.3) is 0 Å². The lowest BCUT2D eigenvalue weighted by molar-refractivity contribution is 0.533. The zero-order valence-corrected chi connectivity index (χ0v) is 12.1. The second-order valence-corrected chi connectivity index (χ2v) is 6.04. The summed E-state index contributed by atoms with van der Waals surface area (Å²) in [5, 5.41) is 0. The van der Waals surface area contributed by atoms with Crippen molar-refractivity contribution in [3.8, 4) is 0 Å². The average molecular weight is 262 g/mol. The van der Waals surface area contributed by atoms with Crippen LogP contribution in [0.15, 0.2) is 24.3 Å². The van der Waals surface area contributed by atoms with Gasteiger partial charge < -0.3 is 10.6 Å². The maximum atomic E-state index is 5.68. The monoisotopic (exact) mass is 262 g/mol. The van der Waals surface area contributed by atoms with E-state index in [2.05, 4.69) is 43.1 Å². The van der Waals surface area contributed by atoms with Gasteiger partial charge in [-0.25, -0.2) is 0 Å². The molecule has 1 aliphatic carbocycles. The van der Waals surface area contributed by atoms with Gasteiger partial charge in [0.05, 0.1) is 4.99 Å². The lowest BCUT2D eigenvalue weighted by atomic mass is 10.0. The maximum absolute atomic E-state index is 5.68. The van der Waals surface area contributed by atoms with E-state index in [0.717, 1.165) is 19.4 Å². The molecule has 0 atom stereocenters. The molecule has 0 bridgehead atoms. The summed E-state index contributed by atoms with van der Waals surface area (Å²) in [6.45, 7) is 3.23. The Bertz CT molecular complexity index is 421. The van der Waals surface area contributed by atoms with Gasteiger partial charge in [0.1, 0.15) is 0 Å². The molecule has 0 radical (unpaired) electrons. The molecule has 98 valence electrons. The number of thiocarbonyl (C=S) groups is 1. The van der Waals surface area contributed by atoms with Crippen LogP contribution in [0.4, 0.5) is 5.69 Å². The Morgan fingerprint density at radius 2 is 1.94 bits per heavy atom. The van der Waals surface area contributed by atoms with Crippen LogP contribution in [0.1, 0.15) is 31.7 Å². The van der Waals surface area contributed by atoms with Crippen molar-refractivity contribution in [2.75, 3.05) is 18.5 Å². The molecule has 1 aromatic rings. The summed E-state index contributed by atoms with van der Waals surface area (Å²) in [5.41, 5.74) is 8.70. The summed E-state index contributed by atoms with van der Waals surface area (Å²) in [7, 11) is 2.15. The number of nitrogens with two attached hydrogens (primary N) is 1. The van der Waals surface area contributed by atoms with Gasteiger partial charge in [-0.15, -0.1) is 0 Å². The Hall–Kier alpha value is -1.09. The Morgan fingerprint density at radius 3 is 2.39 bits per heavy atom. The largest absolute Gasteiger partial charge is 0.393 e. The van der Waals surface area contributed by atoms with Gasteiger partial charge in [-0.3, -0.25) is 0 Å². The average Bonchev–Trinajstić information content (AvgIpc) is 3.07. The first-order valence-electron chi connectivity index (χ1n) is 6.63. The fourth-order valence-electron chi connectivity index (χ4n) is 2.52. The zero-order valence-electron chi connectivity index (χ0n) is 11.3. The second kappa shape index (κ2) is 5.27. The third-order valence-corrected chi connectivity index (χ3v) is 4.01. The Morgan fingerprint density at radius 1 is 1.33 bits per heavy atom. The van der Waals surface area contributed by atoms with Crippen LogP contribution in [0.2, 0.25) is 0 Å². The Kier molecular flexibility index (Phi) is 3.91. The zero-order chi connectivity index (χ0) is 13.2. The lowest BCUT2D eigenvalue weighted by Gasteiger charge is -2.25. The minimum atomic E-state index is 0.351. The summed E-state index contributed by atoms with van der Waals surface area (Å²) in [6, 6.07) is 8.82. The first-order valence-corrected chi connectivity index (χ1v) is 7.04. The number of rotatable bonds is 6. The fourth-order valence-corrected chi connectivity index (χ4v) is 2.82. The van der Waals surface area contributed by atoms with E-state index in [1.54, 1.807) is 0 Å². The quantitative estimate of drug-likeness (QED) is 0.799. The van der Waals surface area contributed by atoms with Crippen LogP contribution in [0.5, 0.6) is 0 Å². The normalized spacial score (nSPS) is 16.3. The molecule has 1 aromatic carbocycles. The number of anilines is 1. The molecule has 0 aromatic heterocycles. The highest BCUT2D eigenvalue weighted by atomic mass is 32.1. The highest BCUT2D eigenvalue weighted by Crippen LogP contribution is 2.49. The van der Waals surface area contributed by atoms with E-state index in [0.29, 0.717) is 10.4 Å². The molecule has 2 rings (SSSR count). The summed E-state index contributed by atoms with van der Waals surface area (Å²) in [5.74, 6) is 0. The lowest BCUT2D eigenvalue weighted by Crippen LogP contribution is -2.29. The molecule has 2 N–H and O–H groups in total. The number of nitrogens with zero attached hydrogens (tertiary/aromatic N) is 1. The smallest absolute Gasteiger partial charge is 0.0733 e. The van der Waals surface area contributed by atoms with Crippen molar-refractivity contribution in [3.63, 3.8) is 0 Å². The van der Waals surface area contributed by atoms with E-state index < -0.39 is 0 Å². The molecule has 0 spiro atoms. The van der Waals surface area contributed by atoms with Gasteiger partial charge in [0.2, 0.25) is 0 Å². The van der Waals surface area contributed by atoms with Gasteiger partial charge in [0, 0.05) is 25.7 Å². The minimum absolute atomic E-state index is 0.351. The van der Waals surface area contributed by atoms with E-state index in [9.17, 15) is 0 Å². The van der Waals surface area contributed by atoms with E-state index in [-0.39, 0.29) is 0 Å². The Labute approximate surface area is 115 Å². The summed E-state index contributed by atoms with van der Waals surface area (Å²) in [6.07, 6.45) is 4.48. The molecule has 18 heavy (non-hydrogen) atoms. The first kappa shape index (κ1) is 13.3. The molecular formula is C15H22N2S. The van der Waals surface area contributed by atoms with Crippen molar-refractivity contribution >= 4 is 22.9 Å². The highest BCUT2D eigenvalue weighted by Gasteiger charge is 2.43. The molecular weight excluding hydrogens is 240 g/mol. The third kappa shape index (κ3) is 3.22. The van der Waals surface area contributed by atoms with Crippen molar-refractivity contribution < 1.29 is 0 Å². The molecule has 2 nitrogen and oxygen atoms in total. The molecule has 0 heterocycles. The number of hydrogen-bond acceptors (Lipinski definition) is 2. The minimum Gasteiger partial charge on any atom is -0.393 e. The predicted octanol–water partition coefficient (Wildman–Crippen LogP) is 3.14. The van der Waals surface area contributed by atoms with Crippen LogP contribution in [-0.4, -0.2) is 18.6 Å². The maximum Gasteiger partial charge on any atom is 0.0733 e. The molecule has 0 saturated heterocycles. The predicted molar refractivity (Wildman–Crippen MR) is 82.2 cm³/mol. The Balaban J connectivity index is 1.98. The van der Waals surface area contributed by atoms with E-state index in [4.69, 9.17) is 18.0 Å². The summed E-state index contributed by atoms with van der Waals surface area (Å²) in [4.78, 5) is 2.98. The van der Waals surface area contributed by atoms with Gasteiger partial charge in [0.15, 0.2) is 0 Å². The van der Waals surface area contributed by atoms with Crippen molar-refractivity contribution in [2.24, 2.45) is 11.1 Å². The van der Waals surface area contributed by atoms with Crippen molar-refractivity contribution in [1.82, 2.24) is 0 Å². The SMILES string of the molecule is CCc1ccc(N(C)CC2(CC(N)=S)CC2)cc1. The van der Waals surface area contributed by atoms with E-state index >= 15 is 0 Å². The van der Waals surface area contributed by atoms with Gasteiger partial charge in [0.25, 0.3) is 0 Å². The van der Waals surface area contributed by atoms with E-state index in [1.807, 2.05) is 0 Å². The molecule has 0 amide bonds. The van der Waals surface area contributed by atoms with Crippen molar-refractivity contribution in [3.05, 3.63) is 29.8 Å². The first-order chi connectivity index (χ1) is 8.54. The summed E-state index contributed by atoms with van der Waals surface area (Å²) < 4.78 is 0. The second-order valence-electron chi connectivity index (χ2n) is 5.52. The van der Waals surface area contributed by atoms with Crippen LogP contribution in [-0.2, 0) is 6.42 Å². The molecule has 3 heteroatoms. The summed E-state index contributed by atoms with van der Waals surface area (Å²) >= 11 is 5.05. The third-order valence-electron chi connectivity index (χ3n) is 3.86. The van der Waals surface area contributed by atoms with Crippen molar-refractivity contribution in [1.29, 1.82) is 0 Å². The topological polar surface area (TPSA) is 29.3 Å². The molecule has 1 saturated carbocycles. The molecule has 1 aliphatic rings. The number of hydrogen-bond donors (Lipinski definition) is 1. The van der Waals surface area contributed by atoms with Crippen molar-refractivity contribution in [2.45, 2.75) is 32.6 Å². The fraction of sp³-hybridized carbons (Fsp3) is 0.533. The van der Waals surface area contributed by atoms with Gasteiger partial charge in [-0.2, -0.15) is 0 Å². The van der Waals surface area contributed by atoms with Gasteiger partial charge in [-0.05, 0) is 42.4 Å². The van der Waals surface area contributed by atoms with Crippen LogP contribution < -0.4 is 10.6 Å². The number of benzene rings is 1. The molecule has 0 aliphatic heterocycles. The number of aryl methyl sites for hydroxylation is 1. The van der Waals surface area contributed by atoms with Crippen LogP contribution in [0.3, 0.4) is 0 Å². The van der Waals surface area contributed by atoms with Gasteiger partial charge >= 0.3 is 0 Å². The highest BCUT2D eigenvalue weighted by molar-refractivity contribution is 7.80.